The molecule has 4 heterocycles. The average molecular weight is 432 g/mol. The number of carbonyl (C=O) groups is 1. The van der Waals surface area contributed by atoms with Crippen LogP contribution in [0.15, 0.2) is 12.4 Å². The number of hydrogen-bond donors (Lipinski definition) is 1. The summed E-state index contributed by atoms with van der Waals surface area (Å²) < 4.78 is 7.45. The Bertz CT molecular complexity index is 802. The summed E-state index contributed by atoms with van der Waals surface area (Å²) in [5, 5.41) is 7.58. The number of piperazine rings is 1. The number of rotatable bonds is 3. The fourth-order valence-corrected chi connectivity index (χ4v) is 3.90. The highest BCUT2D eigenvalue weighted by molar-refractivity contribution is 5.86. The predicted octanol–water partition coefficient (Wildman–Crippen LogP) is 0.694. The molecule has 0 radical (unpaired) electrons. The summed E-state index contributed by atoms with van der Waals surface area (Å²) in [6, 6.07) is 2.02. The van der Waals surface area contributed by atoms with Crippen molar-refractivity contribution < 1.29 is 9.53 Å². The Morgan fingerprint density at radius 3 is 2.50 bits per heavy atom. The van der Waals surface area contributed by atoms with Crippen LogP contribution in [0, 0.1) is 6.92 Å². The van der Waals surface area contributed by atoms with Gasteiger partial charge in [-0.2, -0.15) is 14.6 Å². The smallest absolute Gasteiger partial charge is 0.255 e. The number of fused-ring (bicyclic) bond motifs is 1. The van der Waals surface area contributed by atoms with Crippen LogP contribution in [-0.4, -0.2) is 82.4 Å². The number of anilines is 1. The molecule has 0 aromatic carbocycles. The van der Waals surface area contributed by atoms with Crippen molar-refractivity contribution in [3.8, 4) is 0 Å². The van der Waals surface area contributed by atoms with Crippen molar-refractivity contribution in [2.24, 2.45) is 0 Å². The molecule has 0 atom stereocenters. The van der Waals surface area contributed by atoms with Crippen LogP contribution in [0.1, 0.15) is 18.5 Å². The lowest BCUT2D eigenvalue weighted by Crippen LogP contribution is -2.59. The number of nitrogens with one attached hydrogen (secondary N) is 1. The van der Waals surface area contributed by atoms with E-state index in [0.717, 1.165) is 50.5 Å². The molecule has 0 saturated carbocycles. The molecule has 28 heavy (non-hydrogen) atoms. The number of piperidine rings is 1. The monoisotopic (exact) mass is 431 g/mol. The van der Waals surface area contributed by atoms with Crippen LogP contribution < -0.4 is 10.2 Å². The molecule has 0 aliphatic carbocycles. The van der Waals surface area contributed by atoms with E-state index in [-0.39, 0.29) is 30.7 Å². The standard InChI is InChI=1S/C17H25N7O2.2ClH/c1-13-11-14(24-16(21-13)19-12-20-24)22-7-9-23(10-8-22)15(25)17(26-2)3-5-18-6-4-17;;/h11-12,18H,3-10H2,1-2H3;2*1H. The van der Waals surface area contributed by atoms with Crippen LogP contribution in [0.2, 0.25) is 0 Å². The van der Waals surface area contributed by atoms with Crippen LogP contribution in [0.25, 0.3) is 5.78 Å². The number of methoxy groups -OCH3 is 1. The molecule has 0 bridgehead atoms. The Labute approximate surface area is 176 Å². The molecular formula is C17H27Cl2N7O2. The van der Waals surface area contributed by atoms with Crippen LogP contribution in [0.3, 0.4) is 0 Å². The third kappa shape index (κ3) is 4.03. The molecule has 1 amide bonds. The maximum absolute atomic E-state index is 13.1. The zero-order valence-electron chi connectivity index (χ0n) is 16.1. The molecular weight excluding hydrogens is 405 g/mol. The minimum atomic E-state index is -0.667. The molecule has 2 aromatic rings. The average Bonchev–Trinajstić information content (AvgIpc) is 3.15. The van der Waals surface area contributed by atoms with Gasteiger partial charge >= 0.3 is 0 Å². The van der Waals surface area contributed by atoms with Gasteiger partial charge in [-0.25, -0.2) is 4.98 Å². The SMILES string of the molecule is COC1(C(=O)N2CCN(c3cc(C)nc4ncnn34)CC2)CCNCC1.Cl.Cl. The maximum atomic E-state index is 13.1. The molecule has 2 fully saturated rings. The number of halogens is 2. The zero-order valence-corrected chi connectivity index (χ0v) is 17.8. The molecule has 2 saturated heterocycles. The molecule has 4 rings (SSSR count). The molecule has 0 unspecified atom stereocenters. The number of hydrogen-bond acceptors (Lipinski definition) is 7. The third-order valence-electron chi connectivity index (χ3n) is 5.44. The number of amides is 1. The first kappa shape index (κ1) is 22.6. The van der Waals surface area contributed by atoms with Gasteiger partial charge in [-0.1, -0.05) is 0 Å². The Hall–Kier alpha value is -1.68. The van der Waals surface area contributed by atoms with Crippen molar-refractivity contribution in [3.63, 3.8) is 0 Å². The highest BCUT2D eigenvalue weighted by Crippen LogP contribution is 2.26. The molecule has 2 aliphatic heterocycles. The second kappa shape index (κ2) is 9.21. The first-order valence-electron chi connectivity index (χ1n) is 9.10. The lowest BCUT2D eigenvalue weighted by molar-refractivity contribution is -0.158. The van der Waals surface area contributed by atoms with E-state index in [9.17, 15) is 4.79 Å². The lowest BCUT2D eigenvalue weighted by atomic mass is 9.90. The fraction of sp³-hybridized carbons (Fsp3) is 0.647. The van der Waals surface area contributed by atoms with Gasteiger partial charge in [-0.15, -0.1) is 24.8 Å². The Morgan fingerprint density at radius 2 is 1.86 bits per heavy atom. The van der Waals surface area contributed by atoms with E-state index in [1.807, 2.05) is 17.9 Å². The number of nitrogens with zero attached hydrogens (tertiary/aromatic N) is 6. The molecule has 1 N–H and O–H groups in total. The topological polar surface area (TPSA) is 87.9 Å². The van der Waals surface area contributed by atoms with Gasteiger partial charge in [-0.05, 0) is 32.9 Å². The van der Waals surface area contributed by atoms with Gasteiger partial charge in [0.05, 0.1) is 0 Å². The van der Waals surface area contributed by atoms with Gasteiger partial charge in [-0.3, -0.25) is 4.79 Å². The van der Waals surface area contributed by atoms with Crippen molar-refractivity contribution >= 4 is 42.3 Å². The molecule has 2 aromatic heterocycles. The third-order valence-corrected chi connectivity index (χ3v) is 5.44. The van der Waals surface area contributed by atoms with Gasteiger partial charge in [0.25, 0.3) is 11.7 Å². The first-order chi connectivity index (χ1) is 12.6. The number of aromatic nitrogens is 4. The van der Waals surface area contributed by atoms with Crippen LogP contribution in [-0.2, 0) is 9.53 Å². The van der Waals surface area contributed by atoms with Crippen molar-refractivity contribution in [1.29, 1.82) is 0 Å². The van der Waals surface area contributed by atoms with Gasteiger partial charge < -0.3 is 19.9 Å². The van der Waals surface area contributed by atoms with E-state index in [1.165, 1.54) is 6.33 Å². The summed E-state index contributed by atoms with van der Waals surface area (Å²) in [4.78, 5) is 25.9. The minimum Gasteiger partial charge on any atom is -0.368 e. The molecule has 0 spiro atoms. The van der Waals surface area contributed by atoms with Crippen LogP contribution >= 0.6 is 24.8 Å². The molecule has 2 aliphatic rings. The lowest BCUT2D eigenvalue weighted by Gasteiger charge is -2.42. The van der Waals surface area contributed by atoms with Crippen molar-refractivity contribution in [3.05, 3.63) is 18.1 Å². The summed E-state index contributed by atoms with van der Waals surface area (Å²) in [6.45, 7) is 6.45. The Kier molecular flexibility index (Phi) is 7.44. The van der Waals surface area contributed by atoms with Crippen molar-refractivity contribution in [1.82, 2.24) is 29.8 Å². The number of carbonyl (C=O) groups excluding carboxylic acids is 1. The quantitative estimate of drug-likeness (QED) is 0.764. The van der Waals surface area contributed by atoms with Gasteiger partial charge in [0.2, 0.25) is 0 Å². The maximum Gasteiger partial charge on any atom is 0.255 e. The van der Waals surface area contributed by atoms with Gasteiger partial charge in [0.15, 0.2) is 0 Å². The number of aryl methyl sites for hydroxylation is 1. The van der Waals surface area contributed by atoms with E-state index < -0.39 is 5.60 Å². The second-order valence-electron chi connectivity index (χ2n) is 6.96. The van der Waals surface area contributed by atoms with E-state index in [1.54, 1.807) is 11.6 Å². The van der Waals surface area contributed by atoms with E-state index >= 15 is 0 Å². The Balaban J connectivity index is 0.00000140. The van der Waals surface area contributed by atoms with E-state index in [0.29, 0.717) is 18.9 Å². The summed E-state index contributed by atoms with van der Waals surface area (Å²) in [6.07, 6.45) is 2.97. The predicted molar refractivity (Wildman–Crippen MR) is 111 cm³/mol. The summed E-state index contributed by atoms with van der Waals surface area (Å²) >= 11 is 0. The van der Waals surface area contributed by atoms with E-state index in [4.69, 9.17) is 4.74 Å². The Morgan fingerprint density at radius 1 is 1.18 bits per heavy atom. The minimum absolute atomic E-state index is 0. The zero-order chi connectivity index (χ0) is 18.1. The summed E-state index contributed by atoms with van der Waals surface area (Å²) in [5.41, 5.74) is 0.242. The first-order valence-corrected chi connectivity index (χ1v) is 9.10. The highest BCUT2D eigenvalue weighted by atomic mass is 35.5. The molecule has 11 heteroatoms. The van der Waals surface area contributed by atoms with Crippen LogP contribution in [0.5, 0.6) is 0 Å². The summed E-state index contributed by atoms with van der Waals surface area (Å²) in [5.74, 6) is 1.70. The van der Waals surface area contributed by atoms with Gasteiger partial charge in [0, 0.05) is 45.0 Å². The highest BCUT2D eigenvalue weighted by Gasteiger charge is 2.43. The van der Waals surface area contributed by atoms with Crippen LogP contribution in [0.4, 0.5) is 5.82 Å². The second-order valence-corrected chi connectivity index (χ2v) is 6.96. The van der Waals surface area contributed by atoms with E-state index in [2.05, 4.69) is 25.3 Å². The summed E-state index contributed by atoms with van der Waals surface area (Å²) in [7, 11) is 1.65. The van der Waals surface area contributed by atoms with Gasteiger partial charge in [0.1, 0.15) is 17.7 Å². The molecule has 156 valence electrons. The normalized spacial score (nSPS) is 19.1. The number of ether oxygens (including phenoxy) is 1. The van der Waals surface area contributed by atoms with Crippen molar-refractivity contribution in [2.75, 3.05) is 51.3 Å². The largest absolute Gasteiger partial charge is 0.368 e. The fourth-order valence-electron chi connectivity index (χ4n) is 3.90. The van der Waals surface area contributed by atoms with Crippen molar-refractivity contribution in [2.45, 2.75) is 25.4 Å². The molecule has 9 nitrogen and oxygen atoms in total.